The summed E-state index contributed by atoms with van der Waals surface area (Å²) in [5.74, 6) is -3.26. The summed E-state index contributed by atoms with van der Waals surface area (Å²) < 4.78 is 28.3. The zero-order valence-corrected chi connectivity index (χ0v) is 47.9. The highest BCUT2D eigenvalue weighted by atomic mass is 16.7. The third kappa shape index (κ3) is 42.1. The summed E-state index contributed by atoms with van der Waals surface area (Å²) >= 11 is 0. The summed E-state index contributed by atoms with van der Waals surface area (Å²) in [5, 5.41) is 31.4. The van der Waals surface area contributed by atoms with Crippen LogP contribution in [0.15, 0.2) is 109 Å². The molecule has 12 nitrogen and oxygen atoms in total. The molecule has 0 saturated carbocycles. The lowest BCUT2D eigenvalue weighted by Gasteiger charge is -2.40. The van der Waals surface area contributed by atoms with Gasteiger partial charge in [0.1, 0.15) is 18.8 Å². The van der Waals surface area contributed by atoms with Crippen LogP contribution in [0.4, 0.5) is 0 Å². The van der Waals surface area contributed by atoms with Crippen LogP contribution in [0.5, 0.6) is 0 Å². The van der Waals surface area contributed by atoms with Crippen molar-refractivity contribution in [1.29, 1.82) is 0 Å². The number of aliphatic hydroxyl groups is 2. The van der Waals surface area contributed by atoms with Crippen LogP contribution in [0.1, 0.15) is 226 Å². The van der Waals surface area contributed by atoms with Gasteiger partial charge in [-0.3, -0.25) is 14.4 Å². The number of carbonyl (C=O) groups is 4. The molecule has 1 saturated heterocycles. The fourth-order valence-electron chi connectivity index (χ4n) is 8.31. The minimum absolute atomic E-state index is 0.0676. The van der Waals surface area contributed by atoms with Crippen molar-refractivity contribution in [3.05, 3.63) is 109 Å². The predicted molar refractivity (Wildman–Crippen MR) is 312 cm³/mol. The van der Waals surface area contributed by atoms with Gasteiger partial charge in [0.2, 0.25) is 0 Å². The maximum atomic E-state index is 13.2. The summed E-state index contributed by atoms with van der Waals surface area (Å²) in [6.45, 7) is 5.70. The van der Waals surface area contributed by atoms with E-state index in [1.807, 2.05) is 18.2 Å². The Morgan fingerprint density at radius 2 is 0.844 bits per heavy atom. The molecule has 0 bridgehead atoms. The number of hydrogen-bond donors (Lipinski definition) is 3. The van der Waals surface area contributed by atoms with Gasteiger partial charge in [-0.15, -0.1) is 0 Å². The Kier molecular flexibility index (Phi) is 47.6. The zero-order chi connectivity index (χ0) is 56.1. The maximum Gasteiger partial charge on any atom is 0.335 e. The van der Waals surface area contributed by atoms with Gasteiger partial charge in [-0.1, -0.05) is 207 Å². The van der Waals surface area contributed by atoms with Crippen LogP contribution in [-0.4, -0.2) is 89.2 Å². The fourth-order valence-corrected chi connectivity index (χ4v) is 8.31. The molecule has 436 valence electrons. The molecule has 1 fully saturated rings. The lowest BCUT2D eigenvalue weighted by atomic mass is 9.98. The van der Waals surface area contributed by atoms with Crippen LogP contribution in [0, 0.1) is 0 Å². The Bertz CT molecular complexity index is 1750. The lowest BCUT2D eigenvalue weighted by molar-refractivity contribution is -0.301. The van der Waals surface area contributed by atoms with Crippen LogP contribution >= 0.6 is 0 Å². The molecule has 1 heterocycles. The quantitative estimate of drug-likeness (QED) is 0.0228. The molecule has 0 aromatic heterocycles. The van der Waals surface area contributed by atoms with Crippen molar-refractivity contribution in [2.75, 3.05) is 13.2 Å². The van der Waals surface area contributed by atoms with Crippen molar-refractivity contribution < 1.29 is 58.2 Å². The van der Waals surface area contributed by atoms with E-state index in [9.17, 15) is 34.5 Å². The first-order valence-corrected chi connectivity index (χ1v) is 29.9. The van der Waals surface area contributed by atoms with E-state index >= 15 is 0 Å². The highest BCUT2D eigenvalue weighted by molar-refractivity contribution is 5.74. The van der Waals surface area contributed by atoms with Gasteiger partial charge in [0.05, 0.1) is 6.61 Å². The first-order chi connectivity index (χ1) is 37.6. The molecule has 1 aliphatic rings. The number of ether oxygens (including phenoxy) is 5. The topological polar surface area (TPSA) is 175 Å². The summed E-state index contributed by atoms with van der Waals surface area (Å²) in [6.07, 6.45) is 57.9. The second-order valence-electron chi connectivity index (χ2n) is 19.9. The van der Waals surface area contributed by atoms with Gasteiger partial charge in [0, 0.05) is 19.3 Å². The smallest absolute Gasteiger partial charge is 0.335 e. The number of carboxylic acid groups (broad SMARTS) is 1. The second-order valence-corrected chi connectivity index (χ2v) is 19.9. The van der Waals surface area contributed by atoms with Gasteiger partial charge >= 0.3 is 23.9 Å². The predicted octanol–water partition coefficient (Wildman–Crippen LogP) is 15.4. The van der Waals surface area contributed by atoms with E-state index in [0.717, 1.165) is 122 Å². The third-order valence-electron chi connectivity index (χ3n) is 12.8. The van der Waals surface area contributed by atoms with E-state index in [2.05, 4.69) is 112 Å². The van der Waals surface area contributed by atoms with E-state index in [1.54, 1.807) is 0 Å². The molecule has 0 aliphatic carbocycles. The van der Waals surface area contributed by atoms with Crippen molar-refractivity contribution in [1.82, 2.24) is 0 Å². The summed E-state index contributed by atoms with van der Waals surface area (Å²) in [5.41, 5.74) is 0. The van der Waals surface area contributed by atoms with E-state index in [-0.39, 0.29) is 25.9 Å². The minimum atomic E-state index is -1.93. The number of allylic oxidation sites excluding steroid dienone is 18. The molecule has 3 N–H and O–H groups in total. The molecule has 0 radical (unpaired) electrons. The Balaban J connectivity index is 2.73. The van der Waals surface area contributed by atoms with Crippen molar-refractivity contribution >= 4 is 23.9 Å². The lowest BCUT2D eigenvalue weighted by Crippen LogP contribution is -2.61. The average Bonchev–Trinajstić information content (AvgIpc) is 3.42. The van der Waals surface area contributed by atoms with Gasteiger partial charge in [0.15, 0.2) is 24.6 Å². The number of hydrogen-bond acceptors (Lipinski definition) is 11. The van der Waals surface area contributed by atoms with Gasteiger partial charge in [-0.05, 0) is 109 Å². The molecule has 0 spiro atoms. The van der Waals surface area contributed by atoms with Gasteiger partial charge in [0.25, 0.3) is 0 Å². The molecule has 1 rings (SSSR count). The number of carboxylic acids is 1. The normalized spacial score (nSPS) is 18.8. The molecule has 6 atom stereocenters. The number of carbonyl (C=O) groups excluding carboxylic acids is 3. The van der Waals surface area contributed by atoms with Crippen molar-refractivity contribution in [2.24, 2.45) is 0 Å². The molecule has 77 heavy (non-hydrogen) atoms. The summed E-state index contributed by atoms with van der Waals surface area (Å²) in [4.78, 5) is 51.1. The standard InChI is InChI=1S/C65H104O12/c1-4-7-10-13-16-19-22-25-27-28-29-30-32-34-36-39-42-45-48-51-57(66)73-54-56(75-58(67)52-49-46-43-40-38-35-31-26-23-20-17-14-11-8-5-2)55-74-65-63(61(70)60(69)62(77-65)64(71)72)76-59(68)53-50-47-44-41-37-33-24-21-18-15-12-9-6-3/h7,9-10,12,16,18-19,21,25-27,29-31,33,37,44,47,56,60-63,65,69-70H,4-6,8,11,13-15,17,20,22-24,28,32,34-36,38-43,45-46,48-55H2,1-3H3,(H,71,72)/b10-7-,12-9-,19-16-,21-18-,27-25-,30-29-,31-26-,37-33-,47-44-. The Morgan fingerprint density at radius 1 is 0.442 bits per heavy atom. The first-order valence-electron chi connectivity index (χ1n) is 29.9. The Morgan fingerprint density at radius 3 is 1.31 bits per heavy atom. The van der Waals surface area contributed by atoms with E-state index in [1.165, 1.54) is 38.5 Å². The zero-order valence-electron chi connectivity index (χ0n) is 47.9. The second kappa shape index (κ2) is 52.1. The van der Waals surface area contributed by atoms with Crippen LogP contribution in [0.2, 0.25) is 0 Å². The largest absolute Gasteiger partial charge is 0.479 e. The fraction of sp³-hybridized carbons (Fsp3) is 0.662. The molecule has 6 unspecified atom stereocenters. The monoisotopic (exact) mass is 1080 g/mol. The van der Waals surface area contributed by atoms with Crippen LogP contribution in [0.25, 0.3) is 0 Å². The van der Waals surface area contributed by atoms with E-state index in [4.69, 9.17) is 23.7 Å². The number of esters is 3. The van der Waals surface area contributed by atoms with Gasteiger partial charge in [-0.25, -0.2) is 4.79 Å². The van der Waals surface area contributed by atoms with Crippen LogP contribution in [-0.2, 0) is 42.9 Å². The van der Waals surface area contributed by atoms with Crippen molar-refractivity contribution in [2.45, 2.75) is 263 Å². The Hall–Kier alpha value is -4.62. The summed E-state index contributed by atoms with van der Waals surface area (Å²) in [7, 11) is 0. The number of rotatable bonds is 49. The first kappa shape index (κ1) is 70.4. The Labute approximate surface area is 465 Å². The number of aliphatic carboxylic acids is 1. The molecule has 12 heteroatoms. The average molecular weight is 1080 g/mol. The highest BCUT2D eigenvalue weighted by Crippen LogP contribution is 2.26. The van der Waals surface area contributed by atoms with Gasteiger partial charge in [-0.2, -0.15) is 0 Å². The number of aliphatic hydroxyl groups excluding tert-OH is 2. The molecule has 0 amide bonds. The van der Waals surface area contributed by atoms with E-state index in [0.29, 0.717) is 25.7 Å². The van der Waals surface area contributed by atoms with E-state index < -0.39 is 67.3 Å². The van der Waals surface area contributed by atoms with Crippen molar-refractivity contribution in [3.8, 4) is 0 Å². The van der Waals surface area contributed by atoms with Crippen LogP contribution < -0.4 is 0 Å². The minimum Gasteiger partial charge on any atom is -0.479 e. The molecular formula is C65H104O12. The molecule has 1 aliphatic heterocycles. The highest BCUT2D eigenvalue weighted by Gasteiger charge is 2.50. The third-order valence-corrected chi connectivity index (χ3v) is 12.8. The number of unbranched alkanes of at least 4 members (excludes halogenated alkanes) is 17. The summed E-state index contributed by atoms with van der Waals surface area (Å²) in [6, 6.07) is 0. The molecule has 0 aromatic carbocycles. The van der Waals surface area contributed by atoms with Crippen LogP contribution in [0.3, 0.4) is 0 Å². The molecule has 0 aromatic rings. The van der Waals surface area contributed by atoms with Gasteiger partial charge < -0.3 is 39.0 Å². The maximum absolute atomic E-state index is 13.2. The SMILES string of the molecule is CC/C=C\C/C=C\C/C=C\C/C=C\CCCCCCCCC(=O)OCC(COC1OC(C(=O)O)C(O)C(O)C1OC(=O)CC/C=C\C/C=C\C/C=C\C/C=C\CC)OC(=O)CCCCCCC/C=C\CCCCCCCC. The molecular weight excluding hydrogens is 973 g/mol. The van der Waals surface area contributed by atoms with Crippen molar-refractivity contribution in [3.63, 3.8) is 0 Å².